The van der Waals surface area contributed by atoms with Crippen molar-refractivity contribution in [1.82, 2.24) is 4.90 Å². The fraction of sp³-hybridized carbons (Fsp3) is 0.900. The van der Waals surface area contributed by atoms with Crippen LogP contribution in [0.15, 0.2) is 0 Å². The summed E-state index contributed by atoms with van der Waals surface area (Å²) in [5, 5.41) is 9.45. The second-order valence-electron chi connectivity index (χ2n) is 3.83. The molecule has 0 spiro atoms. The number of hydrogen-bond donors (Lipinski definition) is 1. The van der Waals surface area contributed by atoms with Crippen LogP contribution in [0, 0.1) is 0 Å². The summed E-state index contributed by atoms with van der Waals surface area (Å²) in [7, 11) is 3.19. The van der Waals surface area contributed by atoms with Crippen molar-refractivity contribution in [1.29, 1.82) is 0 Å². The minimum atomic E-state index is -0.634. The van der Waals surface area contributed by atoms with Crippen LogP contribution in [0.4, 0.5) is 0 Å². The number of aliphatic hydroxyl groups excluding tert-OH is 1. The van der Waals surface area contributed by atoms with Crippen LogP contribution >= 0.6 is 0 Å². The van der Waals surface area contributed by atoms with Gasteiger partial charge >= 0.3 is 0 Å². The lowest BCUT2D eigenvalue weighted by atomic mass is 10.2. The van der Waals surface area contributed by atoms with Gasteiger partial charge in [0.15, 0.2) is 0 Å². The summed E-state index contributed by atoms with van der Waals surface area (Å²) in [4.78, 5) is 13.2. The molecule has 2 unspecified atom stereocenters. The second kappa shape index (κ2) is 6.05. The molecule has 1 rings (SSSR count). The normalized spacial score (nSPS) is 22.7. The monoisotopic (exact) mass is 217 g/mol. The maximum Gasteiger partial charge on any atom is 0.251 e. The number of rotatable bonds is 5. The fourth-order valence-electron chi connectivity index (χ4n) is 1.67. The molecule has 5 heteroatoms. The zero-order chi connectivity index (χ0) is 11.3. The highest BCUT2D eigenvalue weighted by Crippen LogP contribution is 2.14. The van der Waals surface area contributed by atoms with Crippen molar-refractivity contribution >= 4 is 5.91 Å². The summed E-state index contributed by atoms with van der Waals surface area (Å²) in [6, 6.07) is 0. The van der Waals surface area contributed by atoms with Crippen molar-refractivity contribution in [3.63, 3.8) is 0 Å². The van der Waals surface area contributed by atoms with Gasteiger partial charge in [-0.3, -0.25) is 4.79 Å². The molecule has 1 N–H and O–H groups in total. The van der Waals surface area contributed by atoms with E-state index in [4.69, 9.17) is 9.47 Å². The van der Waals surface area contributed by atoms with Gasteiger partial charge < -0.3 is 19.5 Å². The third-order valence-corrected chi connectivity index (χ3v) is 2.43. The largest absolute Gasteiger partial charge is 0.389 e. The molecule has 2 atom stereocenters. The van der Waals surface area contributed by atoms with Gasteiger partial charge in [0, 0.05) is 27.3 Å². The summed E-state index contributed by atoms with van der Waals surface area (Å²) in [6.45, 7) is 1.18. The standard InChI is InChI=1S/C10H19NO4/c1-11(6-8(12)7-14-2)10(13)9-4-3-5-15-9/h8-9,12H,3-7H2,1-2H3. The lowest BCUT2D eigenvalue weighted by Crippen LogP contribution is -2.41. The van der Waals surface area contributed by atoms with Crippen molar-refractivity contribution in [3.05, 3.63) is 0 Å². The summed E-state index contributed by atoms with van der Waals surface area (Å²) < 4.78 is 10.1. The first-order chi connectivity index (χ1) is 7.15. The lowest BCUT2D eigenvalue weighted by molar-refractivity contribution is -0.141. The van der Waals surface area contributed by atoms with E-state index in [0.29, 0.717) is 6.61 Å². The van der Waals surface area contributed by atoms with E-state index in [1.807, 2.05) is 0 Å². The average Bonchev–Trinajstić information content (AvgIpc) is 2.69. The van der Waals surface area contributed by atoms with Gasteiger partial charge in [0.25, 0.3) is 5.91 Å². The molecule has 5 nitrogen and oxygen atoms in total. The van der Waals surface area contributed by atoms with Crippen LogP contribution in [0.1, 0.15) is 12.8 Å². The highest BCUT2D eigenvalue weighted by atomic mass is 16.5. The van der Waals surface area contributed by atoms with E-state index in [0.717, 1.165) is 12.8 Å². The first-order valence-corrected chi connectivity index (χ1v) is 5.18. The highest BCUT2D eigenvalue weighted by Gasteiger charge is 2.27. The Morgan fingerprint density at radius 1 is 1.73 bits per heavy atom. The highest BCUT2D eigenvalue weighted by molar-refractivity contribution is 5.80. The van der Waals surface area contributed by atoms with Crippen LogP contribution in [0.3, 0.4) is 0 Å². The van der Waals surface area contributed by atoms with Crippen LogP contribution < -0.4 is 0 Å². The molecule has 1 aliphatic heterocycles. The number of nitrogens with zero attached hydrogens (tertiary/aromatic N) is 1. The summed E-state index contributed by atoms with van der Waals surface area (Å²) in [6.07, 6.45) is 0.768. The number of carbonyl (C=O) groups excluding carboxylic acids is 1. The predicted molar refractivity (Wildman–Crippen MR) is 54.5 cm³/mol. The van der Waals surface area contributed by atoms with E-state index >= 15 is 0 Å². The van der Waals surface area contributed by atoms with Crippen LogP contribution in [0.2, 0.25) is 0 Å². The first kappa shape index (κ1) is 12.4. The SMILES string of the molecule is COCC(O)CN(C)C(=O)C1CCCO1. The third-order valence-electron chi connectivity index (χ3n) is 2.43. The number of ether oxygens (including phenoxy) is 2. The number of carbonyl (C=O) groups is 1. The Morgan fingerprint density at radius 2 is 2.47 bits per heavy atom. The summed E-state index contributed by atoms with van der Waals surface area (Å²) >= 11 is 0. The summed E-state index contributed by atoms with van der Waals surface area (Å²) in [5.74, 6) is -0.0531. The topological polar surface area (TPSA) is 59.0 Å². The average molecular weight is 217 g/mol. The quantitative estimate of drug-likeness (QED) is 0.682. The number of likely N-dealkylation sites (N-methyl/N-ethyl adjacent to an activating group) is 1. The second-order valence-corrected chi connectivity index (χ2v) is 3.83. The van der Waals surface area contributed by atoms with Gasteiger partial charge in [-0.15, -0.1) is 0 Å². The summed E-state index contributed by atoms with van der Waals surface area (Å²) in [5.41, 5.74) is 0. The van der Waals surface area contributed by atoms with E-state index in [1.54, 1.807) is 7.05 Å². The smallest absolute Gasteiger partial charge is 0.251 e. The van der Waals surface area contributed by atoms with Crippen LogP contribution in [0.5, 0.6) is 0 Å². The van der Waals surface area contributed by atoms with E-state index in [2.05, 4.69) is 0 Å². The van der Waals surface area contributed by atoms with E-state index in [1.165, 1.54) is 12.0 Å². The molecule has 0 aromatic heterocycles. The van der Waals surface area contributed by atoms with Crippen LogP contribution in [-0.2, 0) is 14.3 Å². The van der Waals surface area contributed by atoms with Gasteiger partial charge in [-0.25, -0.2) is 0 Å². The molecule has 1 aliphatic rings. The molecule has 0 bridgehead atoms. The molecular weight excluding hydrogens is 198 g/mol. The predicted octanol–water partition coefficient (Wildman–Crippen LogP) is -0.369. The lowest BCUT2D eigenvalue weighted by Gasteiger charge is -2.22. The van der Waals surface area contributed by atoms with Gasteiger partial charge in [0.05, 0.1) is 12.7 Å². The van der Waals surface area contributed by atoms with E-state index in [9.17, 15) is 9.90 Å². The molecule has 0 aromatic rings. The molecule has 88 valence electrons. The van der Waals surface area contributed by atoms with Crippen molar-refractivity contribution in [2.45, 2.75) is 25.0 Å². The molecule has 1 fully saturated rings. The Balaban J connectivity index is 2.31. The molecule has 1 amide bonds. The zero-order valence-electron chi connectivity index (χ0n) is 9.31. The molecule has 15 heavy (non-hydrogen) atoms. The van der Waals surface area contributed by atoms with Gasteiger partial charge in [-0.05, 0) is 12.8 Å². The Hall–Kier alpha value is -0.650. The molecule has 0 aromatic carbocycles. The molecule has 0 radical (unpaired) electrons. The Kier molecular flexibility index (Phi) is 5.01. The van der Waals surface area contributed by atoms with Gasteiger partial charge in [0.2, 0.25) is 0 Å². The maximum atomic E-state index is 11.7. The van der Waals surface area contributed by atoms with Crippen LogP contribution in [0.25, 0.3) is 0 Å². The first-order valence-electron chi connectivity index (χ1n) is 5.18. The fourth-order valence-corrected chi connectivity index (χ4v) is 1.67. The van der Waals surface area contributed by atoms with E-state index < -0.39 is 6.10 Å². The van der Waals surface area contributed by atoms with Gasteiger partial charge in [-0.2, -0.15) is 0 Å². The Labute approximate surface area is 90.0 Å². The van der Waals surface area contributed by atoms with Crippen molar-refractivity contribution < 1.29 is 19.4 Å². The zero-order valence-corrected chi connectivity index (χ0v) is 9.31. The van der Waals surface area contributed by atoms with Crippen LogP contribution in [-0.4, -0.2) is 62.0 Å². The molecule has 0 saturated carbocycles. The number of aliphatic hydroxyl groups is 1. The molecular formula is C10H19NO4. The van der Waals surface area contributed by atoms with Crippen molar-refractivity contribution in [3.8, 4) is 0 Å². The maximum absolute atomic E-state index is 11.7. The Morgan fingerprint density at radius 3 is 3.00 bits per heavy atom. The van der Waals surface area contributed by atoms with Crippen molar-refractivity contribution in [2.75, 3.05) is 33.9 Å². The minimum Gasteiger partial charge on any atom is -0.389 e. The number of methoxy groups -OCH3 is 1. The molecule has 1 saturated heterocycles. The van der Waals surface area contributed by atoms with Gasteiger partial charge in [0.1, 0.15) is 6.10 Å². The number of hydrogen-bond acceptors (Lipinski definition) is 4. The molecule has 0 aliphatic carbocycles. The molecule has 1 heterocycles. The van der Waals surface area contributed by atoms with Gasteiger partial charge in [-0.1, -0.05) is 0 Å². The Bertz CT molecular complexity index is 204. The number of amides is 1. The van der Waals surface area contributed by atoms with Crippen molar-refractivity contribution in [2.24, 2.45) is 0 Å². The van der Waals surface area contributed by atoms with E-state index in [-0.39, 0.29) is 25.2 Å². The minimum absolute atomic E-state index is 0.0531. The third kappa shape index (κ3) is 3.77.